The molecule has 0 bridgehead atoms. The molecule has 3 aromatic rings. The number of hydrogen-bond donors (Lipinski definition) is 3. The number of phenols is 2. The number of carboxylic acids is 1. The molecular formula is C34H39NaO8. The number of carbonyl (C=O) groups is 3. The molecule has 1 unspecified atom stereocenters. The van der Waals surface area contributed by atoms with Crippen LogP contribution in [-0.4, -0.2) is 47.1 Å². The SMILES string of the molecule is CC(C)Cc1ccc(C(C)C(=O)O)cc1.COc1cc(/C=C/C(=O)CC(=O)/C=C/c2ccc(O)c(OC)c2)ccc1O.[H-].[Na+]. The molecule has 224 valence electrons. The quantitative estimate of drug-likeness (QED) is 0.164. The van der Waals surface area contributed by atoms with E-state index < -0.39 is 11.9 Å². The summed E-state index contributed by atoms with van der Waals surface area (Å²) in [6.07, 6.45) is 6.49. The molecule has 0 heterocycles. The van der Waals surface area contributed by atoms with Crippen LogP contribution in [-0.2, 0) is 20.8 Å². The fraction of sp³-hybridized carbons (Fsp3) is 0.265. The zero-order chi connectivity index (χ0) is 31.2. The predicted molar refractivity (Wildman–Crippen MR) is 164 cm³/mol. The van der Waals surface area contributed by atoms with Gasteiger partial charge in [-0.25, -0.2) is 0 Å². The first-order valence-electron chi connectivity index (χ1n) is 13.4. The number of ether oxygens (including phenoxy) is 2. The number of aliphatic carboxylic acids is 1. The summed E-state index contributed by atoms with van der Waals surface area (Å²) in [6.45, 7) is 6.06. The van der Waals surface area contributed by atoms with Crippen LogP contribution in [0.2, 0.25) is 0 Å². The Morgan fingerprint density at radius 2 is 1.21 bits per heavy atom. The second kappa shape index (κ2) is 18.6. The summed E-state index contributed by atoms with van der Waals surface area (Å²) in [5.41, 5.74) is 3.47. The Morgan fingerprint density at radius 1 is 0.767 bits per heavy atom. The second-order valence-electron chi connectivity index (χ2n) is 10.0. The summed E-state index contributed by atoms with van der Waals surface area (Å²) >= 11 is 0. The van der Waals surface area contributed by atoms with E-state index in [1.54, 1.807) is 43.3 Å². The minimum Gasteiger partial charge on any atom is -1.00 e. The average Bonchev–Trinajstić information content (AvgIpc) is 2.96. The van der Waals surface area contributed by atoms with Crippen molar-refractivity contribution in [2.24, 2.45) is 5.92 Å². The van der Waals surface area contributed by atoms with Crippen LogP contribution in [0.15, 0.2) is 72.8 Å². The molecule has 0 saturated carbocycles. The maximum absolute atomic E-state index is 11.9. The molecule has 9 heteroatoms. The fourth-order valence-corrected chi connectivity index (χ4v) is 3.82. The minimum atomic E-state index is -0.772. The smallest absolute Gasteiger partial charge is 1.00 e. The molecule has 43 heavy (non-hydrogen) atoms. The molecule has 3 rings (SSSR count). The normalized spacial score (nSPS) is 11.4. The van der Waals surface area contributed by atoms with Crippen molar-refractivity contribution >= 4 is 29.7 Å². The number of aromatic hydroxyl groups is 2. The van der Waals surface area contributed by atoms with Gasteiger partial charge in [-0.15, -0.1) is 0 Å². The van der Waals surface area contributed by atoms with Gasteiger partial charge in [0.1, 0.15) is 0 Å². The van der Waals surface area contributed by atoms with Gasteiger partial charge in [0, 0.05) is 0 Å². The Kier molecular flexibility index (Phi) is 16.1. The van der Waals surface area contributed by atoms with Crippen molar-refractivity contribution < 1.29 is 70.2 Å². The number of ketones is 2. The van der Waals surface area contributed by atoms with Gasteiger partial charge in [0.15, 0.2) is 34.6 Å². The van der Waals surface area contributed by atoms with Crippen molar-refractivity contribution in [1.82, 2.24) is 0 Å². The molecule has 0 aliphatic carbocycles. The Labute approximate surface area is 276 Å². The van der Waals surface area contributed by atoms with Gasteiger partial charge in [-0.2, -0.15) is 0 Å². The van der Waals surface area contributed by atoms with Crippen LogP contribution in [0.3, 0.4) is 0 Å². The Balaban J connectivity index is 0.000000931. The largest absolute Gasteiger partial charge is 1.00 e. The predicted octanol–water partition coefficient (Wildman–Crippen LogP) is 3.56. The molecule has 3 N–H and O–H groups in total. The summed E-state index contributed by atoms with van der Waals surface area (Å²) in [6, 6.07) is 17.2. The van der Waals surface area contributed by atoms with Crippen LogP contribution < -0.4 is 39.0 Å². The first-order valence-corrected chi connectivity index (χ1v) is 13.4. The van der Waals surface area contributed by atoms with E-state index in [9.17, 15) is 24.6 Å². The molecule has 3 aromatic carbocycles. The van der Waals surface area contributed by atoms with Gasteiger partial charge >= 0.3 is 35.5 Å². The number of benzene rings is 3. The van der Waals surface area contributed by atoms with E-state index in [0.29, 0.717) is 28.5 Å². The Bertz CT molecular complexity index is 1360. The number of hydrogen-bond acceptors (Lipinski definition) is 7. The van der Waals surface area contributed by atoms with Crippen LogP contribution in [0.5, 0.6) is 23.0 Å². The molecule has 0 aliphatic rings. The van der Waals surface area contributed by atoms with Gasteiger partial charge in [0.2, 0.25) is 0 Å². The number of carbonyl (C=O) groups excluding carboxylic acids is 2. The summed E-state index contributed by atoms with van der Waals surface area (Å²) in [5, 5.41) is 27.9. The van der Waals surface area contributed by atoms with E-state index >= 15 is 0 Å². The first-order chi connectivity index (χ1) is 19.9. The van der Waals surface area contributed by atoms with Crippen LogP contribution in [0.1, 0.15) is 56.8 Å². The third kappa shape index (κ3) is 12.9. The number of rotatable bonds is 12. The third-order valence-electron chi connectivity index (χ3n) is 6.17. The molecule has 1 atom stereocenters. The van der Waals surface area contributed by atoms with Crippen LogP contribution >= 0.6 is 0 Å². The van der Waals surface area contributed by atoms with Gasteiger partial charge in [-0.05, 0) is 77.9 Å². The van der Waals surface area contributed by atoms with Gasteiger partial charge in [-0.1, -0.05) is 62.4 Å². The number of allylic oxidation sites excluding steroid dienone is 2. The zero-order valence-corrected chi connectivity index (χ0v) is 27.5. The van der Waals surface area contributed by atoms with E-state index in [4.69, 9.17) is 14.6 Å². The second-order valence-corrected chi connectivity index (χ2v) is 10.0. The molecule has 8 nitrogen and oxygen atoms in total. The van der Waals surface area contributed by atoms with E-state index in [0.717, 1.165) is 12.0 Å². The number of carboxylic acid groups (broad SMARTS) is 1. The standard InChI is InChI=1S/C21H20O6.C13H18O2.Na.H/c1-26-20-11-14(5-9-18(20)24)3-7-16(22)13-17(23)8-4-15-6-10-19(25)21(12-15)27-2;1-9(2)8-11-4-6-12(7-5-11)10(3)13(14)15;;/h3-12,24-25H,13H2,1-2H3;4-7,9-10H,8H2,1-3H3,(H,14,15);;/q;;+1;-1/b7-3+,8-4+;;;. The maximum Gasteiger partial charge on any atom is 1.00 e. The maximum atomic E-state index is 11.9. The topological polar surface area (TPSA) is 130 Å². The summed E-state index contributed by atoms with van der Waals surface area (Å²) < 4.78 is 10.00. The average molecular weight is 599 g/mol. The van der Waals surface area contributed by atoms with Crippen LogP contribution in [0, 0.1) is 5.92 Å². The summed E-state index contributed by atoms with van der Waals surface area (Å²) in [5.74, 6) is -0.641. The fourth-order valence-electron chi connectivity index (χ4n) is 3.82. The molecule has 0 saturated heterocycles. The molecule has 0 fully saturated rings. The molecule has 0 aromatic heterocycles. The van der Waals surface area contributed by atoms with Crippen molar-refractivity contribution in [3.05, 3.63) is 95.1 Å². The van der Waals surface area contributed by atoms with Gasteiger partial charge in [0.05, 0.1) is 26.6 Å². The van der Waals surface area contributed by atoms with Crippen LogP contribution in [0.25, 0.3) is 12.2 Å². The van der Waals surface area contributed by atoms with Crippen molar-refractivity contribution in [3.8, 4) is 23.0 Å². The van der Waals surface area contributed by atoms with Gasteiger partial charge in [-0.3, -0.25) is 14.4 Å². The minimum absolute atomic E-state index is 0. The first kappa shape index (κ1) is 37.2. The van der Waals surface area contributed by atoms with Gasteiger partial charge < -0.3 is 26.2 Å². The molecule has 0 aliphatic heterocycles. The molecular weight excluding hydrogens is 559 g/mol. The third-order valence-corrected chi connectivity index (χ3v) is 6.17. The van der Waals surface area contributed by atoms with E-state index in [-0.39, 0.29) is 60.5 Å². The van der Waals surface area contributed by atoms with Crippen molar-refractivity contribution in [3.63, 3.8) is 0 Å². The van der Waals surface area contributed by atoms with E-state index in [1.165, 1.54) is 44.1 Å². The van der Waals surface area contributed by atoms with Gasteiger partial charge in [0.25, 0.3) is 0 Å². The number of phenolic OH excluding ortho intramolecular Hbond substituents is 2. The summed E-state index contributed by atoms with van der Waals surface area (Å²) in [4.78, 5) is 34.6. The molecule has 0 spiro atoms. The monoisotopic (exact) mass is 598 g/mol. The zero-order valence-electron chi connectivity index (χ0n) is 26.5. The Hall–Kier alpha value is -3.85. The van der Waals surface area contributed by atoms with Crippen molar-refractivity contribution in [2.45, 2.75) is 39.5 Å². The molecule has 0 amide bonds. The van der Waals surface area contributed by atoms with E-state index in [2.05, 4.69) is 13.8 Å². The van der Waals surface area contributed by atoms with Crippen molar-refractivity contribution in [1.29, 1.82) is 0 Å². The van der Waals surface area contributed by atoms with Crippen molar-refractivity contribution in [2.75, 3.05) is 14.2 Å². The Morgan fingerprint density at radius 3 is 1.58 bits per heavy atom. The molecule has 0 radical (unpaired) electrons. The van der Waals surface area contributed by atoms with Crippen LogP contribution in [0.4, 0.5) is 0 Å². The summed E-state index contributed by atoms with van der Waals surface area (Å²) in [7, 11) is 2.87. The van der Waals surface area contributed by atoms with E-state index in [1.807, 2.05) is 24.3 Å². The number of methoxy groups -OCH3 is 2.